The van der Waals surface area contributed by atoms with E-state index in [0.29, 0.717) is 12.3 Å². The molecule has 0 fully saturated rings. The van der Waals surface area contributed by atoms with Crippen LogP contribution in [-0.4, -0.2) is 31.3 Å². The lowest BCUT2D eigenvalue weighted by atomic mass is 9.83. The first-order valence-corrected chi connectivity index (χ1v) is 6.74. The number of carbonyl (C=O) groups is 1. The van der Waals surface area contributed by atoms with Crippen molar-refractivity contribution in [3.8, 4) is 5.75 Å². The van der Waals surface area contributed by atoms with Gasteiger partial charge in [-0.25, -0.2) is 4.39 Å². The predicted octanol–water partition coefficient (Wildman–Crippen LogP) is 2.36. The third kappa shape index (κ3) is 3.70. The molecule has 1 rings (SSSR count). The molecule has 1 aromatic carbocycles. The second-order valence-corrected chi connectivity index (χ2v) is 4.89. The van der Waals surface area contributed by atoms with Gasteiger partial charge >= 0.3 is 0 Å². The summed E-state index contributed by atoms with van der Waals surface area (Å²) in [6, 6.07) is 3.81. The Kier molecular flexibility index (Phi) is 5.95. The van der Waals surface area contributed by atoms with Crippen LogP contribution in [0, 0.1) is 11.2 Å². The van der Waals surface area contributed by atoms with Crippen LogP contribution in [-0.2, 0) is 0 Å². The third-order valence-electron chi connectivity index (χ3n) is 3.87. The molecule has 1 aromatic rings. The molecule has 0 bridgehead atoms. The number of amides is 1. The van der Waals surface area contributed by atoms with Crippen molar-refractivity contribution >= 4 is 5.91 Å². The molecule has 0 aliphatic rings. The zero-order valence-electron chi connectivity index (χ0n) is 12.2. The smallest absolute Gasteiger partial charge is 0.255 e. The Bertz CT molecular complexity index is 450. The number of carbonyl (C=O) groups excluding carboxylic acids is 1. The van der Waals surface area contributed by atoms with Crippen LogP contribution in [0.3, 0.4) is 0 Å². The Hall–Kier alpha value is -1.62. The van der Waals surface area contributed by atoms with Crippen molar-refractivity contribution in [1.82, 2.24) is 5.32 Å². The molecule has 2 N–H and O–H groups in total. The van der Waals surface area contributed by atoms with Gasteiger partial charge in [-0.05, 0) is 31.0 Å². The Morgan fingerprint density at radius 3 is 2.55 bits per heavy atom. The van der Waals surface area contributed by atoms with Crippen molar-refractivity contribution in [2.24, 2.45) is 5.41 Å². The number of aliphatic hydroxyl groups is 1. The molecule has 4 nitrogen and oxygen atoms in total. The van der Waals surface area contributed by atoms with Gasteiger partial charge in [-0.2, -0.15) is 0 Å². The van der Waals surface area contributed by atoms with E-state index in [1.807, 2.05) is 13.8 Å². The maximum atomic E-state index is 13.2. The number of methoxy groups -OCH3 is 1. The average molecular weight is 283 g/mol. The SMILES string of the molecule is CCC(CC)(CO)CNC(=O)c1cc(F)ccc1OC. The summed E-state index contributed by atoms with van der Waals surface area (Å²) < 4.78 is 18.3. The minimum absolute atomic E-state index is 0.000561. The zero-order valence-corrected chi connectivity index (χ0v) is 12.2. The molecule has 0 saturated carbocycles. The standard InChI is InChI=1S/C15H22FNO3/c1-4-15(5-2,10-18)9-17-14(19)12-8-11(16)6-7-13(12)20-3/h6-8,18H,4-5,9-10H2,1-3H3,(H,17,19). The number of hydrogen-bond acceptors (Lipinski definition) is 3. The van der Waals surface area contributed by atoms with Gasteiger partial charge in [-0.1, -0.05) is 13.8 Å². The highest BCUT2D eigenvalue weighted by Gasteiger charge is 2.26. The maximum absolute atomic E-state index is 13.2. The van der Waals surface area contributed by atoms with Gasteiger partial charge in [-0.15, -0.1) is 0 Å². The number of nitrogens with one attached hydrogen (secondary N) is 1. The molecule has 0 radical (unpaired) electrons. The van der Waals surface area contributed by atoms with Crippen molar-refractivity contribution in [3.63, 3.8) is 0 Å². The average Bonchev–Trinajstić information content (AvgIpc) is 2.49. The minimum Gasteiger partial charge on any atom is -0.496 e. The monoisotopic (exact) mass is 283 g/mol. The first-order valence-electron chi connectivity index (χ1n) is 6.74. The molecule has 0 saturated heterocycles. The van der Waals surface area contributed by atoms with Crippen LogP contribution in [0.1, 0.15) is 37.0 Å². The maximum Gasteiger partial charge on any atom is 0.255 e. The Balaban J connectivity index is 2.84. The van der Waals surface area contributed by atoms with Gasteiger partial charge in [0, 0.05) is 12.0 Å². The summed E-state index contributed by atoms with van der Waals surface area (Å²) in [7, 11) is 1.43. The van der Waals surface area contributed by atoms with Crippen LogP contribution in [0.25, 0.3) is 0 Å². The summed E-state index contributed by atoms with van der Waals surface area (Å²) in [6.07, 6.45) is 1.50. The molecule has 0 atom stereocenters. The molecule has 0 aliphatic carbocycles. The fraction of sp³-hybridized carbons (Fsp3) is 0.533. The lowest BCUT2D eigenvalue weighted by Gasteiger charge is -2.29. The number of hydrogen-bond donors (Lipinski definition) is 2. The molecular formula is C15H22FNO3. The number of aliphatic hydroxyl groups excluding tert-OH is 1. The van der Waals surface area contributed by atoms with Crippen LogP contribution in [0.4, 0.5) is 4.39 Å². The van der Waals surface area contributed by atoms with E-state index < -0.39 is 11.7 Å². The molecular weight excluding hydrogens is 261 g/mol. The predicted molar refractivity (Wildman–Crippen MR) is 75.4 cm³/mol. The lowest BCUT2D eigenvalue weighted by Crippen LogP contribution is -2.39. The highest BCUT2D eigenvalue weighted by Crippen LogP contribution is 2.25. The lowest BCUT2D eigenvalue weighted by molar-refractivity contribution is 0.0848. The molecule has 1 amide bonds. The first-order chi connectivity index (χ1) is 9.51. The molecule has 0 heterocycles. The molecule has 0 aromatic heterocycles. The summed E-state index contributed by atoms with van der Waals surface area (Å²) in [6.45, 7) is 4.28. The van der Waals surface area contributed by atoms with E-state index >= 15 is 0 Å². The molecule has 0 aliphatic heterocycles. The van der Waals surface area contributed by atoms with Crippen LogP contribution in [0.2, 0.25) is 0 Å². The largest absolute Gasteiger partial charge is 0.496 e. The van der Waals surface area contributed by atoms with Crippen molar-refractivity contribution in [1.29, 1.82) is 0 Å². The van der Waals surface area contributed by atoms with Crippen molar-refractivity contribution in [3.05, 3.63) is 29.6 Å². The van der Waals surface area contributed by atoms with Gasteiger partial charge < -0.3 is 15.2 Å². The fourth-order valence-electron chi connectivity index (χ4n) is 2.00. The molecule has 112 valence electrons. The minimum atomic E-state index is -0.490. The van der Waals surface area contributed by atoms with Crippen LogP contribution in [0.5, 0.6) is 5.75 Å². The van der Waals surface area contributed by atoms with E-state index in [9.17, 15) is 14.3 Å². The summed E-state index contributed by atoms with van der Waals surface area (Å²) in [5, 5.41) is 12.2. The van der Waals surface area contributed by atoms with Gasteiger partial charge in [0.15, 0.2) is 0 Å². The van der Waals surface area contributed by atoms with E-state index in [0.717, 1.165) is 18.9 Å². The molecule has 0 unspecified atom stereocenters. The number of rotatable bonds is 7. The van der Waals surface area contributed by atoms with Gasteiger partial charge in [0.2, 0.25) is 0 Å². The van der Waals surface area contributed by atoms with E-state index in [2.05, 4.69) is 5.32 Å². The first kappa shape index (κ1) is 16.4. The van der Waals surface area contributed by atoms with E-state index in [1.165, 1.54) is 19.2 Å². The fourth-order valence-corrected chi connectivity index (χ4v) is 2.00. The number of benzene rings is 1. The van der Waals surface area contributed by atoms with E-state index in [4.69, 9.17) is 4.74 Å². The molecule has 0 spiro atoms. The van der Waals surface area contributed by atoms with Crippen molar-refractivity contribution in [2.45, 2.75) is 26.7 Å². The van der Waals surface area contributed by atoms with Gasteiger partial charge in [0.1, 0.15) is 11.6 Å². The quantitative estimate of drug-likeness (QED) is 0.807. The van der Waals surface area contributed by atoms with Gasteiger partial charge in [0.25, 0.3) is 5.91 Å². The summed E-state index contributed by atoms with van der Waals surface area (Å²) in [5.74, 6) is -0.567. The second-order valence-electron chi connectivity index (χ2n) is 4.89. The second kappa shape index (κ2) is 7.24. The van der Waals surface area contributed by atoms with Gasteiger partial charge in [0.05, 0.1) is 19.3 Å². The molecule has 20 heavy (non-hydrogen) atoms. The summed E-state index contributed by atoms with van der Waals surface area (Å²) in [4.78, 5) is 12.1. The van der Waals surface area contributed by atoms with Crippen LogP contribution in [0.15, 0.2) is 18.2 Å². The summed E-state index contributed by atoms with van der Waals surface area (Å²) in [5.41, 5.74) is -0.178. The molecule has 5 heteroatoms. The van der Waals surface area contributed by atoms with Gasteiger partial charge in [-0.3, -0.25) is 4.79 Å². The third-order valence-corrected chi connectivity index (χ3v) is 3.87. The summed E-state index contributed by atoms with van der Waals surface area (Å²) >= 11 is 0. The highest BCUT2D eigenvalue weighted by molar-refractivity contribution is 5.96. The van der Waals surface area contributed by atoms with Crippen molar-refractivity contribution < 1.29 is 19.0 Å². The highest BCUT2D eigenvalue weighted by atomic mass is 19.1. The zero-order chi connectivity index (χ0) is 15.2. The van der Waals surface area contributed by atoms with E-state index in [-0.39, 0.29) is 17.6 Å². The topological polar surface area (TPSA) is 58.6 Å². The van der Waals surface area contributed by atoms with Crippen molar-refractivity contribution in [2.75, 3.05) is 20.3 Å². The van der Waals surface area contributed by atoms with Crippen LogP contribution < -0.4 is 10.1 Å². The normalized spacial score (nSPS) is 11.2. The number of halogens is 1. The Morgan fingerprint density at radius 1 is 1.40 bits per heavy atom. The van der Waals surface area contributed by atoms with E-state index in [1.54, 1.807) is 0 Å². The number of ether oxygens (including phenoxy) is 1. The van der Waals surface area contributed by atoms with Crippen LogP contribution >= 0.6 is 0 Å². The Morgan fingerprint density at radius 2 is 2.05 bits per heavy atom. The Labute approximate surface area is 119 Å².